The van der Waals surface area contributed by atoms with Gasteiger partial charge in [-0.05, 0) is 31.2 Å². The first kappa shape index (κ1) is 16.3. The largest absolute Gasteiger partial charge is 0.375 e. The summed E-state index contributed by atoms with van der Waals surface area (Å²) in [7, 11) is 2.12. The lowest BCUT2D eigenvalue weighted by Crippen LogP contribution is -2.59. The number of likely N-dealkylation sites (tertiary alicyclic amines) is 1. The lowest BCUT2D eigenvalue weighted by molar-refractivity contribution is -0.0893. The highest BCUT2D eigenvalue weighted by Crippen LogP contribution is 2.24. The molecule has 0 spiro atoms. The molecule has 2 aliphatic rings. The standard InChI is InChI=1S/C19H24N4O2/c1-21-11-12-25-18-7-10-22(14-17(18)21)19(24)16-6-3-2-5-15(16)13-23-9-4-8-20-23/h2-6,8-9,17-18H,7,10-14H2,1H3. The van der Waals surface area contributed by atoms with Gasteiger partial charge in [-0.15, -0.1) is 0 Å². The number of hydrogen-bond acceptors (Lipinski definition) is 4. The zero-order chi connectivity index (χ0) is 17.2. The number of aromatic nitrogens is 2. The molecule has 0 aliphatic carbocycles. The fourth-order valence-electron chi connectivity index (χ4n) is 3.83. The lowest BCUT2D eigenvalue weighted by Gasteiger charge is -2.45. The Kier molecular flexibility index (Phi) is 4.55. The normalized spacial score (nSPS) is 24.1. The minimum absolute atomic E-state index is 0.111. The number of fused-ring (bicyclic) bond motifs is 1. The van der Waals surface area contributed by atoms with Crippen LogP contribution in [0.5, 0.6) is 0 Å². The zero-order valence-electron chi connectivity index (χ0n) is 14.5. The van der Waals surface area contributed by atoms with Gasteiger partial charge < -0.3 is 9.64 Å². The summed E-state index contributed by atoms with van der Waals surface area (Å²) in [4.78, 5) is 17.5. The fraction of sp³-hybridized carbons (Fsp3) is 0.474. The van der Waals surface area contributed by atoms with E-state index in [1.165, 1.54) is 0 Å². The SMILES string of the molecule is CN1CCOC2CCN(C(=O)c3ccccc3Cn3cccn3)CC21. The van der Waals surface area contributed by atoms with Crippen molar-refractivity contribution in [3.05, 3.63) is 53.9 Å². The molecule has 132 valence electrons. The average molecular weight is 340 g/mol. The number of carbonyl (C=O) groups is 1. The van der Waals surface area contributed by atoms with Crippen LogP contribution in [0.4, 0.5) is 0 Å². The van der Waals surface area contributed by atoms with Crippen LogP contribution in [0, 0.1) is 0 Å². The molecule has 0 bridgehead atoms. The number of morpholine rings is 1. The van der Waals surface area contributed by atoms with Gasteiger partial charge in [-0.1, -0.05) is 18.2 Å². The van der Waals surface area contributed by atoms with Crippen LogP contribution in [-0.4, -0.2) is 70.9 Å². The molecule has 6 heteroatoms. The molecule has 0 saturated carbocycles. The Hall–Kier alpha value is -2.18. The minimum atomic E-state index is 0.111. The summed E-state index contributed by atoms with van der Waals surface area (Å²) in [5.74, 6) is 0.111. The van der Waals surface area contributed by atoms with Crippen molar-refractivity contribution in [2.75, 3.05) is 33.3 Å². The molecule has 1 aromatic heterocycles. The summed E-state index contributed by atoms with van der Waals surface area (Å²) in [6.45, 7) is 3.81. The maximum absolute atomic E-state index is 13.2. The molecular weight excluding hydrogens is 316 g/mol. The van der Waals surface area contributed by atoms with Gasteiger partial charge in [-0.3, -0.25) is 14.4 Å². The molecule has 1 amide bonds. The van der Waals surface area contributed by atoms with Crippen molar-refractivity contribution < 1.29 is 9.53 Å². The Bertz CT molecular complexity index is 731. The van der Waals surface area contributed by atoms with E-state index in [1.54, 1.807) is 6.20 Å². The number of benzene rings is 1. The van der Waals surface area contributed by atoms with Gasteiger partial charge in [0.05, 0.1) is 25.3 Å². The summed E-state index contributed by atoms with van der Waals surface area (Å²) in [5, 5.41) is 4.26. The molecule has 2 aromatic rings. The minimum Gasteiger partial charge on any atom is -0.375 e. The zero-order valence-corrected chi connectivity index (χ0v) is 14.5. The van der Waals surface area contributed by atoms with Gasteiger partial charge >= 0.3 is 0 Å². The molecule has 2 saturated heterocycles. The lowest BCUT2D eigenvalue weighted by atomic mass is 9.97. The number of hydrogen-bond donors (Lipinski definition) is 0. The monoisotopic (exact) mass is 340 g/mol. The summed E-state index contributed by atoms with van der Waals surface area (Å²) < 4.78 is 7.74. The molecule has 1 aromatic carbocycles. The molecule has 2 aliphatic heterocycles. The molecule has 4 rings (SSSR count). The topological polar surface area (TPSA) is 50.6 Å². The van der Waals surface area contributed by atoms with Crippen molar-refractivity contribution in [2.45, 2.75) is 25.1 Å². The molecule has 3 heterocycles. The average Bonchev–Trinajstić information content (AvgIpc) is 3.15. The summed E-state index contributed by atoms with van der Waals surface area (Å²) in [6, 6.07) is 10.0. The highest BCUT2D eigenvalue weighted by atomic mass is 16.5. The Morgan fingerprint density at radius 1 is 1.28 bits per heavy atom. The Morgan fingerprint density at radius 2 is 2.16 bits per heavy atom. The number of rotatable bonds is 3. The number of piperidine rings is 1. The first-order chi connectivity index (χ1) is 12.2. The van der Waals surface area contributed by atoms with Crippen LogP contribution in [0.3, 0.4) is 0 Å². The Labute approximate surface area is 148 Å². The third-order valence-electron chi connectivity index (χ3n) is 5.29. The molecule has 0 radical (unpaired) electrons. The second-order valence-corrected chi connectivity index (χ2v) is 6.86. The third kappa shape index (κ3) is 3.32. The third-order valence-corrected chi connectivity index (χ3v) is 5.29. The predicted molar refractivity (Wildman–Crippen MR) is 94.4 cm³/mol. The van der Waals surface area contributed by atoms with E-state index < -0.39 is 0 Å². The number of ether oxygens (including phenoxy) is 1. The molecular formula is C19H24N4O2. The summed E-state index contributed by atoms with van der Waals surface area (Å²) in [6.07, 6.45) is 4.83. The van der Waals surface area contributed by atoms with E-state index in [0.29, 0.717) is 12.6 Å². The van der Waals surface area contributed by atoms with E-state index in [0.717, 1.165) is 43.8 Å². The van der Waals surface area contributed by atoms with Gasteiger partial charge in [-0.25, -0.2) is 0 Å². The number of amides is 1. The summed E-state index contributed by atoms with van der Waals surface area (Å²) in [5.41, 5.74) is 1.78. The van der Waals surface area contributed by atoms with Crippen LogP contribution in [0.1, 0.15) is 22.3 Å². The van der Waals surface area contributed by atoms with Crippen LogP contribution < -0.4 is 0 Å². The molecule has 2 unspecified atom stereocenters. The molecule has 2 fully saturated rings. The first-order valence-electron chi connectivity index (χ1n) is 8.89. The van der Waals surface area contributed by atoms with Gasteiger partial charge in [0.25, 0.3) is 5.91 Å². The van der Waals surface area contributed by atoms with Crippen LogP contribution >= 0.6 is 0 Å². The van der Waals surface area contributed by atoms with Gasteiger partial charge in [-0.2, -0.15) is 5.10 Å². The quantitative estimate of drug-likeness (QED) is 0.849. The van der Waals surface area contributed by atoms with E-state index >= 15 is 0 Å². The molecule has 0 N–H and O–H groups in total. The number of carbonyl (C=O) groups excluding carboxylic acids is 1. The highest BCUT2D eigenvalue weighted by molar-refractivity contribution is 5.95. The van der Waals surface area contributed by atoms with Crippen LogP contribution in [0.2, 0.25) is 0 Å². The maximum Gasteiger partial charge on any atom is 0.254 e. The molecule has 25 heavy (non-hydrogen) atoms. The van der Waals surface area contributed by atoms with E-state index in [-0.39, 0.29) is 12.0 Å². The predicted octanol–water partition coefficient (Wildman–Crippen LogP) is 1.48. The van der Waals surface area contributed by atoms with Crippen LogP contribution in [-0.2, 0) is 11.3 Å². The highest BCUT2D eigenvalue weighted by Gasteiger charge is 2.37. The van der Waals surface area contributed by atoms with Gasteiger partial charge in [0.1, 0.15) is 0 Å². The van der Waals surface area contributed by atoms with E-state index in [1.807, 2.05) is 46.1 Å². The van der Waals surface area contributed by atoms with Gasteiger partial charge in [0.15, 0.2) is 0 Å². The number of nitrogens with zero attached hydrogens (tertiary/aromatic N) is 4. The molecule has 6 nitrogen and oxygen atoms in total. The van der Waals surface area contributed by atoms with E-state index in [9.17, 15) is 4.79 Å². The van der Waals surface area contributed by atoms with Crippen molar-refractivity contribution in [2.24, 2.45) is 0 Å². The van der Waals surface area contributed by atoms with Crippen molar-refractivity contribution in [3.63, 3.8) is 0 Å². The first-order valence-corrected chi connectivity index (χ1v) is 8.89. The van der Waals surface area contributed by atoms with Crippen LogP contribution in [0.25, 0.3) is 0 Å². The van der Waals surface area contributed by atoms with Crippen molar-refractivity contribution in [3.8, 4) is 0 Å². The van der Waals surface area contributed by atoms with Gasteiger partial charge in [0, 0.05) is 37.6 Å². The van der Waals surface area contributed by atoms with Crippen molar-refractivity contribution in [1.29, 1.82) is 0 Å². The van der Waals surface area contributed by atoms with E-state index in [2.05, 4.69) is 17.0 Å². The van der Waals surface area contributed by atoms with Gasteiger partial charge in [0.2, 0.25) is 0 Å². The Balaban J connectivity index is 1.53. The fourth-order valence-corrected chi connectivity index (χ4v) is 3.83. The van der Waals surface area contributed by atoms with Crippen molar-refractivity contribution >= 4 is 5.91 Å². The van der Waals surface area contributed by atoms with Crippen molar-refractivity contribution in [1.82, 2.24) is 19.6 Å². The van der Waals surface area contributed by atoms with Crippen LogP contribution in [0.15, 0.2) is 42.7 Å². The number of likely N-dealkylation sites (N-methyl/N-ethyl adjacent to an activating group) is 1. The maximum atomic E-state index is 13.2. The Morgan fingerprint density at radius 3 is 3.00 bits per heavy atom. The second kappa shape index (κ2) is 6.98. The second-order valence-electron chi connectivity index (χ2n) is 6.86. The van der Waals surface area contributed by atoms with E-state index in [4.69, 9.17) is 4.74 Å². The smallest absolute Gasteiger partial charge is 0.254 e. The summed E-state index contributed by atoms with van der Waals surface area (Å²) >= 11 is 0. The molecule has 2 atom stereocenters.